The summed E-state index contributed by atoms with van der Waals surface area (Å²) in [5.41, 5.74) is 0.664. The van der Waals surface area contributed by atoms with Crippen LogP contribution in [-0.4, -0.2) is 55.2 Å². The fourth-order valence-electron chi connectivity index (χ4n) is 3.59. The van der Waals surface area contributed by atoms with Crippen LogP contribution in [0.3, 0.4) is 0 Å². The number of hydrogen-bond donors (Lipinski definition) is 1. The van der Waals surface area contributed by atoms with Gasteiger partial charge in [0.25, 0.3) is 5.91 Å². The van der Waals surface area contributed by atoms with Gasteiger partial charge in [-0.05, 0) is 49.4 Å². The van der Waals surface area contributed by atoms with Crippen LogP contribution >= 0.6 is 0 Å². The van der Waals surface area contributed by atoms with Gasteiger partial charge in [0.05, 0.1) is 20.9 Å². The molecular weight excluding hydrogens is 389 g/mol. The Morgan fingerprint density at radius 3 is 2.30 bits per heavy atom. The lowest BCUT2D eigenvalue weighted by Crippen LogP contribution is -2.46. The Labute approximate surface area is 175 Å². The van der Waals surface area contributed by atoms with E-state index in [0.29, 0.717) is 24.5 Å². The summed E-state index contributed by atoms with van der Waals surface area (Å²) in [4.78, 5) is 28.6. The van der Waals surface area contributed by atoms with Crippen LogP contribution in [0.15, 0.2) is 42.5 Å². The van der Waals surface area contributed by atoms with Gasteiger partial charge in [-0.2, -0.15) is 0 Å². The third-order valence-electron chi connectivity index (χ3n) is 5.10. The van der Waals surface area contributed by atoms with Gasteiger partial charge < -0.3 is 14.8 Å². The van der Waals surface area contributed by atoms with Gasteiger partial charge in [-0.1, -0.05) is 18.2 Å². The maximum Gasteiger partial charge on any atom is 0.326 e. The van der Waals surface area contributed by atoms with E-state index in [-0.39, 0.29) is 18.4 Å². The summed E-state index contributed by atoms with van der Waals surface area (Å²) in [5.74, 6) is 0.554. The number of hydrogen-bond acceptors (Lipinski definition) is 5. The molecule has 2 aromatic carbocycles. The van der Waals surface area contributed by atoms with E-state index in [9.17, 15) is 14.0 Å². The first-order valence-corrected chi connectivity index (χ1v) is 9.54. The fraction of sp³-hybridized carbons (Fsp3) is 0.364. The molecule has 0 spiro atoms. The van der Waals surface area contributed by atoms with E-state index in [1.165, 1.54) is 17.0 Å². The number of methoxy groups -OCH3 is 2. The Morgan fingerprint density at radius 2 is 1.67 bits per heavy atom. The first kappa shape index (κ1) is 21.6. The minimum Gasteiger partial charge on any atom is -0.493 e. The van der Waals surface area contributed by atoms with Gasteiger partial charge in [-0.3, -0.25) is 9.69 Å². The van der Waals surface area contributed by atoms with Crippen molar-refractivity contribution in [3.63, 3.8) is 0 Å². The van der Waals surface area contributed by atoms with Crippen molar-refractivity contribution in [2.45, 2.75) is 25.4 Å². The van der Waals surface area contributed by atoms with Gasteiger partial charge in [-0.25, -0.2) is 14.1 Å². The molecule has 1 heterocycles. The van der Waals surface area contributed by atoms with Crippen molar-refractivity contribution < 1.29 is 23.5 Å². The lowest BCUT2D eigenvalue weighted by molar-refractivity contribution is -0.132. The molecule has 1 aliphatic heterocycles. The molecule has 2 aromatic rings. The Balaban J connectivity index is 1.69. The number of halogens is 1. The van der Waals surface area contributed by atoms with E-state index < -0.39 is 11.6 Å². The summed E-state index contributed by atoms with van der Waals surface area (Å²) in [5, 5.41) is 2.81. The largest absolute Gasteiger partial charge is 0.493 e. The second-order valence-electron chi connectivity index (χ2n) is 7.64. The van der Waals surface area contributed by atoms with E-state index in [1.807, 2.05) is 11.0 Å². The number of benzene rings is 2. The van der Waals surface area contributed by atoms with Crippen molar-refractivity contribution in [2.75, 3.05) is 27.9 Å². The first-order chi connectivity index (χ1) is 14.3. The maximum atomic E-state index is 13.1. The van der Waals surface area contributed by atoms with E-state index in [0.717, 1.165) is 11.1 Å². The molecule has 1 atom stereocenters. The van der Waals surface area contributed by atoms with Crippen molar-refractivity contribution in [2.24, 2.45) is 0 Å². The minimum absolute atomic E-state index is 0.129. The Bertz CT molecular complexity index is 934. The van der Waals surface area contributed by atoms with Gasteiger partial charge in [0.2, 0.25) is 0 Å². The summed E-state index contributed by atoms with van der Waals surface area (Å²) in [6.07, 6.45) is 0.316. The minimum atomic E-state index is -1.06. The average molecular weight is 415 g/mol. The molecule has 3 amide bonds. The monoisotopic (exact) mass is 415 g/mol. The first-order valence-electron chi connectivity index (χ1n) is 9.54. The normalized spacial score (nSPS) is 18.7. The van der Waals surface area contributed by atoms with E-state index in [4.69, 9.17) is 9.47 Å². The number of imide groups is 1. The second-order valence-corrected chi connectivity index (χ2v) is 7.64. The van der Waals surface area contributed by atoms with Gasteiger partial charge >= 0.3 is 6.03 Å². The molecule has 1 saturated heterocycles. The molecule has 160 valence electrons. The molecule has 0 radical (unpaired) electrons. The predicted octanol–water partition coefficient (Wildman–Crippen LogP) is 2.79. The van der Waals surface area contributed by atoms with Gasteiger partial charge in [0.1, 0.15) is 11.4 Å². The predicted molar refractivity (Wildman–Crippen MR) is 110 cm³/mol. The average Bonchev–Trinajstić information content (AvgIpc) is 2.92. The maximum absolute atomic E-state index is 13.1. The summed E-state index contributed by atoms with van der Waals surface area (Å²) >= 11 is 0. The van der Waals surface area contributed by atoms with Crippen molar-refractivity contribution in [3.8, 4) is 11.5 Å². The molecule has 1 N–H and O–H groups in total. The SMILES string of the molecule is COc1ccc(C[C@]2(C)NC(=O)N(CN(C)Cc3ccc(F)cc3)C2=O)cc1OC. The molecule has 8 heteroatoms. The summed E-state index contributed by atoms with van der Waals surface area (Å²) in [6, 6.07) is 11.1. The van der Waals surface area contributed by atoms with Crippen LogP contribution in [0.2, 0.25) is 0 Å². The molecule has 1 fully saturated rings. The Hall–Kier alpha value is -3.13. The van der Waals surface area contributed by atoms with Crippen LogP contribution in [0.5, 0.6) is 11.5 Å². The third-order valence-corrected chi connectivity index (χ3v) is 5.10. The number of amides is 3. The van der Waals surface area contributed by atoms with Crippen LogP contribution in [0, 0.1) is 5.82 Å². The molecule has 0 aliphatic carbocycles. The molecule has 0 unspecified atom stereocenters. The van der Waals surface area contributed by atoms with Gasteiger partial charge in [0, 0.05) is 13.0 Å². The zero-order valence-electron chi connectivity index (χ0n) is 17.6. The van der Waals surface area contributed by atoms with Crippen LogP contribution in [-0.2, 0) is 17.8 Å². The highest BCUT2D eigenvalue weighted by atomic mass is 19.1. The number of nitrogens with zero attached hydrogens (tertiary/aromatic N) is 2. The highest BCUT2D eigenvalue weighted by Gasteiger charge is 2.47. The summed E-state index contributed by atoms with van der Waals surface area (Å²) in [6.45, 7) is 2.32. The number of carbonyl (C=O) groups excluding carboxylic acids is 2. The molecule has 7 nitrogen and oxygen atoms in total. The number of urea groups is 1. The Kier molecular flexibility index (Phi) is 6.26. The smallest absolute Gasteiger partial charge is 0.326 e. The molecule has 3 rings (SSSR count). The van der Waals surface area contributed by atoms with Crippen LogP contribution in [0.1, 0.15) is 18.1 Å². The van der Waals surface area contributed by atoms with Gasteiger partial charge in [-0.15, -0.1) is 0 Å². The second kappa shape index (κ2) is 8.71. The van der Waals surface area contributed by atoms with E-state index >= 15 is 0 Å². The fourth-order valence-corrected chi connectivity index (χ4v) is 3.59. The molecule has 0 bridgehead atoms. The molecule has 30 heavy (non-hydrogen) atoms. The van der Waals surface area contributed by atoms with Crippen molar-refractivity contribution in [1.82, 2.24) is 15.1 Å². The lowest BCUT2D eigenvalue weighted by atomic mass is 9.92. The Morgan fingerprint density at radius 1 is 1.03 bits per heavy atom. The molecule has 0 aromatic heterocycles. The third kappa shape index (κ3) is 4.54. The lowest BCUT2D eigenvalue weighted by Gasteiger charge is -2.25. The summed E-state index contributed by atoms with van der Waals surface area (Å²) < 4.78 is 23.6. The van der Waals surface area contributed by atoms with E-state index in [2.05, 4.69) is 5.32 Å². The van der Waals surface area contributed by atoms with Crippen LogP contribution in [0.25, 0.3) is 0 Å². The zero-order chi connectivity index (χ0) is 21.9. The van der Waals surface area contributed by atoms with Crippen molar-refractivity contribution >= 4 is 11.9 Å². The molecule has 0 saturated carbocycles. The quantitative estimate of drug-likeness (QED) is 0.672. The number of carbonyl (C=O) groups is 2. The standard InChI is InChI=1S/C22H26FN3O4/c1-22(12-16-7-10-18(29-3)19(11-16)30-4)20(27)26(21(28)24-22)14-25(2)13-15-5-8-17(23)9-6-15/h5-11H,12-14H2,1-4H3,(H,24,28)/t22-/m0/s1. The van der Waals surface area contributed by atoms with E-state index in [1.54, 1.807) is 52.5 Å². The zero-order valence-corrected chi connectivity index (χ0v) is 17.6. The molecule has 1 aliphatic rings. The van der Waals surface area contributed by atoms with Crippen molar-refractivity contribution in [3.05, 3.63) is 59.4 Å². The summed E-state index contributed by atoms with van der Waals surface area (Å²) in [7, 11) is 4.90. The highest BCUT2D eigenvalue weighted by Crippen LogP contribution is 2.30. The molecular formula is C22H26FN3O4. The number of nitrogens with one attached hydrogen (secondary N) is 1. The highest BCUT2D eigenvalue weighted by molar-refractivity contribution is 6.06. The van der Waals surface area contributed by atoms with Crippen LogP contribution in [0.4, 0.5) is 9.18 Å². The number of ether oxygens (including phenoxy) is 2. The van der Waals surface area contributed by atoms with Gasteiger partial charge in [0.15, 0.2) is 11.5 Å². The number of rotatable bonds is 8. The van der Waals surface area contributed by atoms with Crippen molar-refractivity contribution in [1.29, 1.82) is 0 Å². The topological polar surface area (TPSA) is 71.1 Å². The van der Waals surface area contributed by atoms with Crippen LogP contribution < -0.4 is 14.8 Å².